The van der Waals surface area contributed by atoms with Gasteiger partial charge in [-0.2, -0.15) is 0 Å². The molecule has 0 spiro atoms. The molecule has 100 valence electrons. The summed E-state index contributed by atoms with van der Waals surface area (Å²) in [7, 11) is 0. The molecule has 0 heterocycles. The molecule has 3 heteroatoms. The average Bonchev–Trinajstić information content (AvgIpc) is 2.37. The van der Waals surface area contributed by atoms with Crippen LogP contribution in [0.3, 0.4) is 0 Å². The predicted molar refractivity (Wildman–Crippen MR) is 81.8 cm³/mol. The number of hydrogen-bond acceptors (Lipinski definition) is 1. The number of fused-ring (bicyclic) bond motifs is 1. The van der Waals surface area contributed by atoms with Crippen LogP contribution in [-0.4, -0.2) is 25.3 Å². The Morgan fingerprint density at radius 3 is 2.32 bits per heavy atom. The van der Waals surface area contributed by atoms with Gasteiger partial charge in [-0.25, -0.2) is 0 Å². The van der Waals surface area contributed by atoms with E-state index >= 15 is 0 Å². The van der Waals surface area contributed by atoms with Crippen molar-refractivity contribution < 1.29 is 4.79 Å². The van der Waals surface area contributed by atoms with Crippen molar-refractivity contribution in [3.8, 4) is 0 Å². The van der Waals surface area contributed by atoms with E-state index in [4.69, 9.17) is 0 Å². The minimum absolute atomic E-state index is 0.0250. The maximum atomic E-state index is 12.4. The van der Waals surface area contributed by atoms with E-state index in [0.717, 1.165) is 16.5 Å². The summed E-state index contributed by atoms with van der Waals surface area (Å²) in [6.45, 7) is 6.13. The second-order valence-corrected chi connectivity index (χ2v) is 8.18. The molecule has 0 aromatic heterocycles. The molecule has 1 N–H and O–H groups in total. The van der Waals surface area contributed by atoms with E-state index in [0.29, 0.717) is 15.0 Å². The van der Waals surface area contributed by atoms with Crippen LogP contribution in [0, 0.1) is 6.92 Å². The first-order chi connectivity index (χ1) is 8.93. The van der Waals surface area contributed by atoms with E-state index in [1.54, 1.807) is 0 Å². The Kier molecular flexibility index (Phi) is 3.98. The molecule has 2 aromatic rings. The third-order valence-electron chi connectivity index (χ3n) is 3.26. The van der Waals surface area contributed by atoms with Crippen molar-refractivity contribution >= 4 is 31.6 Å². The summed E-state index contributed by atoms with van der Waals surface area (Å²) in [5.74, 6) is 2.16. The number of benzene rings is 2. The summed E-state index contributed by atoms with van der Waals surface area (Å²) in [4.78, 5) is 12.4. The molecule has 0 radical (unpaired) electrons. The van der Waals surface area contributed by atoms with Gasteiger partial charge in [-0.1, -0.05) is 0 Å². The monoisotopic (exact) mass is 321 g/mol. The molecule has 0 aliphatic carbocycles. The Morgan fingerprint density at radius 2 is 1.74 bits per heavy atom. The zero-order valence-corrected chi connectivity index (χ0v) is 13.5. The minimum atomic E-state index is -0.109. The molecular weight excluding hydrogens is 301 g/mol. The number of carbonyl (C=O) groups is 1. The first-order valence-corrected chi connectivity index (χ1v) is 8.87. The van der Waals surface area contributed by atoms with Crippen LogP contribution in [0.4, 0.5) is 0 Å². The molecule has 0 bridgehead atoms. The number of nitrogens with one attached hydrogen (secondary N) is 1. The first kappa shape index (κ1) is 14.1. The SMILES string of the molecule is C[Se]C(C)(C)NC(=O)c1cc2ccccc2cc1C. The van der Waals surface area contributed by atoms with Crippen LogP contribution >= 0.6 is 0 Å². The standard InChI is InChI=1S/C16H19NOSe/c1-11-9-12-7-5-6-8-13(12)10-14(11)15(18)17-16(2,3)19-4/h5-10H,1-4H3,(H,17,18). The van der Waals surface area contributed by atoms with E-state index in [-0.39, 0.29) is 10.3 Å². The van der Waals surface area contributed by atoms with Crippen LogP contribution in [0.1, 0.15) is 29.8 Å². The molecule has 0 saturated heterocycles. The summed E-state index contributed by atoms with van der Waals surface area (Å²) < 4.78 is -0.109. The molecule has 1 amide bonds. The molecule has 0 fully saturated rings. The zero-order valence-electron chi connectivity index (χ0n) is 11.8. The fourth-order valence-corrected chi connectivity index (χ4v) is 2.40. The van der Waals surface area contributed by atoms with Crippen LogP contribution < -0.4 is 5.32 Å². The Morgan fingerprint density at radius 1 is 1.16 bits per heavy atom. The summed E-state index contributed by atoms with van der Waals surface area (Å²) in [6.07, 6.45) is 0. The Labute approximate surface area is 120 Å². The summed E-state index contributed by atoms with van der Waals surface area (Å²) >= 11 is 0.368. The molecule has 0 aliphatic heterocycles. The van der Waals surface area contributed by atoms with E-state index < -0.39 is 0 Å². The van der Waals surface area contributed by atoms with Crippen LogP contribution in [0.5, 0.6) is 0 Å². The molecule has 0 saturated carbocycles. The van der Waals surface area contributed by atoms with Gasteiger partial charge in [-0.3, -0.25) is 0 Å². The zero-order chi connectivity index (χ0) is 14.0. The van der Waals surface area contributed by atoms with Gasteiger partial charge in [0.15, 0.2) is 0 Å². The quantitative estimate of drug-likeness (QED) is 0.863. The number of aryl methyl sites for hydroxylation is 1. The number of amides is 1. The second kappa shape index (κ2) is 5.36. The van der Waals surface area contributed by atoms with Crippen LogP contribution in [0.25, 0.3) is 10.8 Å². The van der Waals surface area contributed by atoms with Crippen molar-refractivity contribution in [1.82, 2.24) is 5.32 Å². The molecule has 2 nitrogen and oxygen atoms in total. The molecule has 2 aromatic carbocycles. The van der Waals surface area contributed by atoms with Gasteiger partial charge >= 0.3 is 120 Å². The van der Waals surface area contributed by atoms with Gasteiger partial charge in [0.2, 0.25) is 0 Å². The number of rotatable bonds is 3. The van der Waals surface area contributed by atoms with Crippen LogP contribution in [0.2, 0.25) is 5.82 Å². The van der Waals surface area contributed by atoms with E-state index in [1.807, 2.05) is 31.2 Å². The molecule has 0 atom stereocenters. The maximum absolute atomic E-state index is 12.4. The molecule has 2 rings (SSSR count). The van der Waals surface area contributed by atoms with Crippen molar-refractivity contribution in [2.45, 2.75) is 31.0 Å². The average molecular weight is 320 g/mol. The number of hydrogen-bond donors (Lipinski definition) is 1. The Balaban J connectivity index is 2.39. The van der Waals surface area contributed by atoms with Gasteiger partial charge in [-0.15, -0.1) is 0 Å². The predicted octanol–water partition coefficient (Wildman–Crippen LogP) is 3.37. The molecule has 0 unspecified atom stereocenters. The second-order valence-electron chi connectivity index (χ2n) is 5.18. The summed E-state index contributed by atoms with van der Waals surface area (Å²) in [6, 6.07) is 12.2. The van der Waals surface area contributed by atoms with Gasteiger partial charge in [0.05, 0.1) is 0 Å². The van der Waals surface area contributed by atoms with Gasteiger partial charge in [0.1, 0.15) is 0 Å². The number of carbonyl (C=O) groups excluding carboxylic acids is 1. The van der Waals surface area contributed by atoms with Gasteiger partial charge in [0, 0.05) is 0 Å². The molecule has 0 aliphatic rings. The van der Waals surface area contributed by atoms with Crippen molar-refractivity contribution in [2.24, 2.45) is 0 Å². The van der Waals surface area contributed by atoms with Gasteiger partial charge in [-0.05, 0) is 0 Å². The molecular formula is C16H19NOSe. The normalized spacial score (nSPS) is 11.6. The summed E-state index contributed by atoms with van der Waals surface area (Å²) in [5.41, 5.74) is 1.80. The van der Waals surface area contributed by atoms with Crippen molar-refractivity contribution in [3.05, 3.63) is 47.5 Å². The van der Waals surface area contributed by atoms with E-state index in [9.17, 15) is 4.79 Å². The van der Waals surface area contributed by atoms with Crippen molar-refractivity contribution in [1.29, 1.82) is 0 Å². The molecule has 19 heavy (non-hydrogen) atoms. The van der Waals surface area contributed by atoms with Gasteiger partial charge < -0.3 is 0 Å². The topological polar surface area (TPSA) is 29.1 Å². The van der Waals surface area contributed by atoms with Crippen LogP contribution in [-0.2, 0) is 0 Å². The summed E-state index contributed by atoms with van der Waals surface area (Å²) in [5, 5.41) is 5.40. The first-order valence-electron chi connectivity index (χ1n) is 6.30. The third-order valence-corrected chi connectivity index (χ3v) is 5.62. The van der Waals surface area contributed by atoms with Crippen molar-refractivity contribution in [2.75, 3.05) is 0 Å². The fraction of sp³-hybridized carbons (Fsp3) is 0.312. The van der Waals surface area contributed by atoms with Crippen LogP contribution in [0.15, 0.2) is 36.4 Å². The Bertz CT molecular complexity index is 619. The Hall–Kier alpha value is -1.31. The van der Waals surface area contributed by atoms with Gasteiger partial charge in [0.25, 0.3) is 0 Å². The fourth-order valence-electron chi connectivity index (χ4n) is 1.99. The van der Waals surface area contributed by atoms with E-state index in [1.165, 1.54) is 5.39 Å². The van der Waals surface area contributed by atoms with E-state index in [2.05, 4.69) is 37.1 Å². The third kappa shape index (κ3) is 3.17. The van der Waals surface area contributed by atoms with Crippen molar-refractivity contribution in [3.63, 3.8) is 0 Å².